The van der Waals surface area contributed by atoms with E-state index in [0.29, 0.717) is 0 Å². The van der Waals surface area contributed by atoms with Crippen LogP contribution in [0, 0.1) is 0 Å². The third kappa shape index (κ3) is 1.59. The van der Waals surface area contributed by atoms with Gasteiger partial charge in [-0.1, -0.05) is 18.2 Å². The molecule has 0 bridgehead atoms. The average Bonchev–Trinajstić information content (AvgIpc) is 2.92. The van der Waals surface area contributed by atoms with E-state index in [-0.39, 0.29) is 0 Å². The highest BCUT2D eigenvalue weighted by molar-refractivity contribution is 5.96. The van der Waals surface area contributed by atoms with Gasteiger partial charge in [-0.25, -0.2) is 0 Å². The third-order valence-electron chi connectivity index (χ3n) is 5.03. The number of rotatable bonds is 0. The molecule has 1 aromatic carbocycles. The van der Waals surface area contributed by atoms with Gasteiger partial charge in [-0.3, -0.25) is 0 Å². The molecule has 0 spiro atoms. The van der Waals surface area contributed by atoms with Gasteiger partial charge in [0.05, 0.1) is 11.4 Å². The fourth-order valence-electron chi connectivity index (χ4n) is 3.94. The lowest BCUT2D eigenvalue weighted by atomic mass is 9.87. The van der Waals surface area contributed by atoms with Crippen LogP contribution < -0.4 is 0 Å². The molecule has 0 atom stereocenters. The molecule has 3 aliphatic rings. The van der Waals surface area contributed by atoms with Gasteiger partial charge in [-0.2, -0.15) is 0 Å². The van der Waals surface area contributed by atoms with Crippen molar-refractivity contribution in [1.29, 1.82) is 0 Å². The van der Waals surface area contributed by atoms with Crippen LogP contribution in [0.4, 0.5) is 0 Å². The molecule has 3 heterocycles. The highest BCUT2D eigenvalue weighted by Gasteiger charge is 2.26. The summed E-state index contributed by atoms with van der Waals surface area (Å²) >= 11 is 0. The number of nitrogens with one attached hydrogen (secondary N) is 1. The molecule has 2 nitrogen and oxygen atoms in total. The number of aromatic amines is 1. The van der Waals surface area contributed by atoms with E-state index in [9.17, 15) is 0 Å². The van der Waals surface area contributed by atoms with Crippen LogP contribution in [-0.4, -0.2) is 16.4 Å². The van der Waals surface area contributed by atoms with E-state index in [1.807, 2.05) is 0 Å². The van der Waals surface area contributed by atoms with Crippen LogP contribution in [0.3, 0.4) is 0 Å². The van der Waals surface area contributed by atoms with Gasteiger partial charge in [0.1, 0.15) is 0 Å². The Morgan fingerprint density at radius 1 is 1.05 bits per heavy atom. The van der Waals surface area contributed by atoms with Crippen molar-refractivity contribution in [3.8, 4) is 0 Å². The SMILES string of the molecule is C1=CN2CC3=C(C=C2c2[nH]c4ccccc4c21)CCCC3. The molecule has 1 aromatic heterocycles. The van der Waals surface area contributed by atoms with Crippen molar-refractivity contribution >= 4 is 22.7 Å². The Kier molecular flexibility index (Phi) is 2.25. The second-order valence-corrected chi connectivity index (χ2v) is 6.27. The fraction of sp³-hybridized carbons (Fsp3) is 0.263. The first-order chi connectivity index (χ1) is 10.4. The number of H-pyrrole nitrogens is 1. The molecule has 1 aliphatic carbocycles. The van der Waals surface area contributed by atoms with Crippen molar-refractivity contribution in [1.82, 2.24) is 9.88 Å². The fourth-order valence-corrected chi connectivity index (χ4v) is 3.94. The summed E-state index contributed by atoms with van der Waals surface area (Å²) in [5.74, 6) is 0. The minimum Gasteiger partial charge on any atom is -0.353 e. The third-order valence-corrected chi connectivity index (χ3v) is 5.03. The average molecular weight is 274 g/mol. The molecule has 0 fully saturated rings. The summed E-state index contributed by atoms with van der Waals surface area (Å²) in [6, 6.07) is 8.59. The second kappa shape index (κ2) is 4.14. The molecule has 2 heteroatoms. The van der Waals surface area contributed by atoms with E-state index in [2.05, 4.69) is 52.5 Å². The number of allylic oxidation sites excluding steroid dienone is 2. The molecule has 21 heavy (non-hydrogen) atoms. The van der Waals surface area contributed by atoms with E-state index in [4.69, 9.17) is 0 Å². The lowest BCUT2D eigenvalue weighted by Crippen LogP contribution is -2.26. The molecular weight excluding hydrogens is 256 g/mol. The molecule has 1 N–H and O–H groups in total. The van der Waals surface area contributed by atoms with Crippen LogP contribution in [0.2, 0.25) is 0 Å². The molecule has 0 saturated heterocycles. The molecule has 2 aliphatic heterocycles. The summed E-state index contributed by atoms with van der Waals surface area (Å²) in [5.41, 5.74) is 8.45. The Hall–Kier alpha value is -2.22. The Morgan fingerprint density at radius 3 is 2.95 bits per heavy atom. The summed E-state index contributed by atoms with van der Waals surface area (Å²) in [6.45, 7) is 1.08. The second-order valence-electron chi connectivity index (χ2n) is 6.27. The quantitative estimate of drug-likeness (QED) is 0.739. The molecular formula is C19H18N2. The molecule has 104 valence electrons. The van der Waals surface area contributed by atoms with Gasteiger partial charge >= 0.3 is 0 Å². The van der Waals surface area contributed by atoms with Gasteiger partial charge in [0.25, 0.3) is 0 Å². The monoisotopic (exact) mass is 274 g/mol. The summed E-state index contributed by atoms with van der Waals surface area (Å²) < 4.78 is 0. The maximum absolute atomic E-state index is 3.63. The maximum Gasteiger partial charge on any atom is 0.0706 e. The van der Waals surface area contributed by atoms with Gasteiger partial charge in [-0.05, 0) is 55.0 Å². The van der Waals surface area contributed by atoms with E-state index < -0.39 is 0 Å². The van der Waals surface area contributed by atoms with Crippen LogP contribution in [0.1, 0.15) is 36.9 Å². The smallest absolute Gasteiger partial charge is 0.0706 e. The largest absolute Gasteiger partial charge is 0.353 e. The minimum atomic E-state index is 1.08. The molecule has 5 rings (SSSR count). The highest BCUT2D eigenvalue weighted by Crippen LogP contribution is 2.40. The number of fused-ring (bicyclic) bond motifs is 5. The standard InChI is InChI=1S/C19H18N2/c1-2-6-14-12-21-10-9-16-15-7-3-4-8-17(15)20-19(16)18(21)11-13(14)5-1/h3-4,7-11,20H,1-2,5-6,12H2. The first kappa shape index (κ1) is 11.4. The Labute approximate surface area is 124 Å². The van der Waals surface area contributed by atoms with Crippen LogP contribution in [0.15, 0.2) is 47.7 Å². The number of hydrogen-bond donors (Lipinski definition) is 1. The Morgan fingerprint density at radius 2 is 1.95 bits per heavy atom. The zero-order valence-electron chi connectivity index (χ0n) is 12.0. The van der Waals surface area contributed by atoms with Crippen molar-refractivity contribution in [3.05, 3.63) is 58.9 Å². The number of aromatic nitrogens is 1. The van der Waals surface area contributed by atoms with E-state index in [0.717, 1.165) is 6.54 Å². The Bertz CT molecular complexity index is 832. The maximum atomic E-state index is 3.63. The lowest BCUT2D eigenvalue weighted by Gasteiger charge is -2.34. The predicted octanol–water partition coefficient (Wildman–Crippen LogP) is 4.68. The lowest BCUT2D eigenvalue weighted by molar-refractivity contribution is 0.525. The molecule has 2 aromatic rings. The molecule has 0 saturated carbocycles. The number of nitrogens with zero attached hydrogens (tertiary/aromatic N) is 1. The van der Waals surface area contributed by atoms with Crippen LogP contribution in [0.5, 0.6) is 0 Å². The highest BCUT2D eigenvalue weighted by atomic mass is 15.1. The van der Waals surface area contributed by atoms with E-state index in [1.165, 1.54) is 53.5 Å². The van der Waals surface area contributed by atoms with Gasteiger partial charge < -0.3 is 9.88 Å². The summed E-state index contributed by atoms with van der Waals surface area (Å²) in [4.78, 5) is 6.03. The van der Waals surface area contributed by atoms with Gasteiger partial charge in [0, 0.05) is 29.2 Å². The van der Waals surface area contributed by atoms with Gasteiger partial charge in [0.15, 0.2) is 0 Å². The topological polar surface area (TPSA) is 19.0 Å². The number of hydrogen-bond acceptors (Lipinski definition) is 1. The van der Waals surface area contributed by atoms with Crippen molar-refractivity contribution in [2.24, 2.45) is 0 Å². The summed E-state index contributed by atoms with van der Waals surface area (Å²) in [6.07, 6.45) is 12.2. The van der Waals surface area contributed by atoms with Gasteiger partial charge in [-0.15, -0.1) is 0 Å². The van der Waals surface area contributed by atoms with Crippen LogP contribution in [-0.2, 0) is 0 Å². The molecule has 0 radical (unpaired) electrons. The summed E-state index contributed by atoms with van der Waals surface area (Å²) in [5, 5.41) is 1.33. The first-order valence-electron chi connectivity index (χ1n) is 7.89. The zero-order valence-corrected chi connectivity index (χ0v) is 12.0. The van der Waals surface area contributed by atoms with Crippen molar-refractivity contribution < 1.29 is 0 Å². The normalized spacial score (nSPS) is 20.2. The van der Waals surface area contributed by atoms with Crippen molar-refractivity contribution in [2.75, 3.05) is 6.54 Å². The molecule has 0 amide bonds. The summed E-state index contributed by atoms with van der Waals surface area (Å²) in [7, 11) is 0. The minimum absolute atomic E-state index is 1.08. The first-order valence-corrected chi connectivity index (χ1v) is 7.89. The van der Waals surface area contributed by atoms with E-state index in [1.54, 1.807) is 11.1 Å². The van der Waals surface area contributed by atoms with Crippen molar-refractivity contribution in [2.45, 2.75) is 25.7 Å². The van der Waals surface area contributed by atoms with Crippen LogP contribution >= 0.6 is 0 Å². The van der Waals surface area contributed by atoms with Gasteiger partial charge in [0.2, 0.25) is 0 Å². The van der Waals surface area contributed by atoms with E-state index >= 15 is 0 Å². The predicted molar refractivity (Wildman–Crippen MR) is 87.5 cm³/mol. The van der Waals surface area contributed by atoms with Crippen LogP contribution in [0.25, 0.3) is 22.7 Å². The van der Waals surface area contributed by atoms with Crippen molar-refractivity contribution in [3.63, 3.8) is 0 Å². The zero-order chi connectivity index (χ0) is 13.8. The molecule has 0 unspecified atom stereocenters. The Balaban J connectivity index is 1.73. The number of benzene rings is 1. The number of para-hydroxylation sites is 1.